The zero-order chi connectivity index (χ0) is 21.7. The third-order valence-electron chi connectivity index (χ3n) is 4.93. The molecule has 0 bridgehead atoms. The lowest BCUT2D eigenvalue weighted by Crippen LogP contribution is -2.47. The van der Waals surface area contributed by atoms with E-state index < -0.39 is 16.7 Å². The number of nitro groups is 1. The second-order valence-corrected chi connectivity index (χ2v) is 6.98. The summed E-state index contributed by atoms with van der Waals surface area (Å²) in [4.78, 5) is 26.2. The number of carbonyl (C=O) groups excluding carboxylic acids is 1. The largest absolute Gasteiger partial charge is 0.416 e. The van der Waals surface area contributed by atoms with Crippen LogP contribution in [0.3, 0.4) is 0 Å². The number of alkyl halides is 3. The maximum absolute atomic E-state index is 12.9. The number of anilines is 2. The third kappa shape index (κ3) is 5.69. The van der Waals surface area contributed by atoms with Crippen LogP contribution >= 0.6 is 0 Å². The van der Waals surface area contributed by atoms with E-state index in [1.165, 1.54) is 30.3 Å². The SMILES string of the molecule is O=C(CCN1CCN(c2cccc(C(F)(F)F)c2)CC1)Nc1ccc([N+](=O)[O-])cc1. The first kappa shape index (κ1) is 21.6. The van der Waals surface area contributed by atoms with Crippen LogP contribution in [-0.2, 0) is 11.0 Å². The van der Waals surface area contributed by atoms with Gasteiger partial charge in [0.05, 0.1) is 10.5 Å². The summed E-state index contributed by atoms with van der Waals surface area (Å²) in [5.41, 5.74) is 0.317. The number of rotatable bonds is 6. The molecule has 0 aliphatic carbocycles. The number of hydrogen-bond donors (Lipinski definition) is 1. The van der Waals surface area contributed by atoms with E-state index >= 15 is 0 Å². The average Bonchev–Trinajstić information content (AvgIpc) is 2.72. The standard InChI is InChI=1S/C20H21F3N4O3/c21-20(22,23)15-2-1-3-18(14-15)26-12-10-25(11-13-26)9-8-19(28)24-16-4-6-17(7-5-16)27(29)30/h1-7,14H,8-13H2,(H,24,28). The van der Waals surface area contributed by atoms with Crippen LogP contribution in [0.15, 0.2) is 48.5 Å². The number of benzene rings is 2. The molecular formula is C20H21F3N4O3. The summed E-state index contributed by atoms with van der Waals surface area (Å²) < 4.78 is 38.7. The highest BCUT2D eigenvalue weighted by molar-refractivity contribution is 5.90. The van der Waals surface area contributed by atoms with Gasteiger partial charge in [-0.1, -0.05) is 6.07 Å². The third-order valence-corrected chi connectivity index (χ3v) is 4.93. The van der Waals surface area contributed by atoms with Crippen LogP contribution in [0.5, 0.6) is 0 Å². The van der Waals surface area contributed by atoms with E-state index in [0.29, 0.717) is 44.1 Å². The Hall–Kier alpha value is -3.14. The highest BCUT2D eigenvalue weighted by Gasteiger charge is 2.31. The van der Waals surface area contributed by atoms with Crippen molar-refractivity contribution in [3.8, 4) is 0 Å². The van der Waals surface area contributed by atoms with E-state index in [1.807, 2.05) is 4.90 Å². The Labute approximate surface area is 171 Å². The van der Waals surface area contributed by atoms with Crippen molar-refractivity contribution >= 4 is 23.0 Å². The molecule has 30 heavy (non-hydrogen) atoms. The molecular weight excluding hydrogens is 401 g/mol. The molecule has 1 heterocycles. The van der Waals surface area contributed by atoms with Crippen molar-refractivity contribution in [2.75, 3.05) is 42.9 Å². The monoisotopic (exact) mass is 422 g/mol. The van der Waals surface area contributed by atoms with E-state index in [2.05, 4.69) is 10.2 Å². The highest BCUT2D eigenvalue weighted by Crippen LogP contribution is 2.31. The van der Waals surface area contributed by atoms with E-state index in [-0.39, 0.29) is 18.0 Å². The molecule has 2 aromatic carbocycles. The molecule has 10 heteroatoms. The van der Waals surface area contributed by atoms with Gasteiger partial charge in [-0.15, -0.1) is 0 Å². The summed E-state index contributed by atoms with van der Waals surface area (Å²) in [6, 6.07) is 10.9. The normalized spacial score (nSPS) is 15.1. The van der Waals surface area contributed by atoms with E-state index in [0.717, 1.165) is 12.1 Å². The Morgan fingerprint density at radius 2 is 1.73 bits per heavy atom. The molecule has 1 amide bonds. The first-order valence-corrected chi connectivity index (χ1v) is 9.41. The number of nitrogens with zero attached hydrogens (tertiary/aromatic N) is 3. The number of piperazine rings is 1. The van der Waals surface area contributed by atoms with E-state index in [9.17, 15) is 28.1 Å². The Morgan fingerprint density at radius 3 is 2.33 bits per heavy atom. The fraction of sp³-hybridized carbons (Fsp3) is 0.350. The van der Waals surface area contributed by atoms with E-state index in [1.54, 1.807) is 6.07 Å². The fourth-order valence-electron chi connectivity index (χ4n) is 3.26. The minimum absolute atomic E-state index is 0.0494. The molecule has 1 fully saturated rings. The van der Waals surface area contributed by atoms with Crippen LogP contribution in [0.1, 0.15) is 12.0 Å². The van der Waals surface area contributed by atoms with Gasteiger partial charge in [-0.3, -0.25) is 19.8 Å². The van der Waals surface area contributed by atoms with E-state index in [4.69, 9.17) is 0 Å². The molecule has 0 atom stereocenters. The molecule has 0 spiro atoms. The predicted molar refractivity (Wildman–Crippen MR) is 106 cm³/mol. The predicted octanol–water partition coefficient (Wildman–Crippen LogP) is 3.76. The summed E-state index contributed by atoms with van der Waals surface area (Å²) in [6.45, 7) is 2.95. The van der Waals surface area contributed by atoms with Gasteiger partial charge in [-0.2, -0.15) is 13.2 Å². The molecule has 1 aliphatic rings. The molecule has 1 saturated heterocycles. The number of amides is 1. The van der Waals surface area contributed by atoms with Gasteiger partial charge in [0.2, 0.25) is 5.91 Å². The Balaban J connectivity index is 1.45. The van der Waals surface area contributed by atoms with Gasteiger partial charge < -0.3 is 10.2 Å². The van der Waals surface area contributed by atoms with Crippen molar-refractivity contribution in [3.63, 3.8) is 0 Å². The summed E-state index contributed by atoms with van der Waals surface area (Å²) in [6.07, 6.45) is -4.12. The Morgan fingerprint density at radius 1 is 1.07 bits per heavy atom. The first-order chi connectivity index (χ1) is 14.2. The maximum atomic E-state index is 12.9. The molecule has 1 N–H and O–H groups in total. The Bertz CT molecular complexity index is 895. The molecule has 0 saturated carbocycles. The quantitative estimate of drug-likeness (QED) is 0.567. The van der Waals surface area contributed by atoms with Gasteiger partial charge in [0.15, 0.2) is 0 Å². The van der Waals surface area contributed by atoms with Crippen molar-refractivity contribution in [3.05, 3.63) is 64.2 Å². The van der Waals surface area contributed by atoms with Crippen molar-refractivity contribution < 1.29 is 22.9 Å². The molecule has 160 valence electrons. The molecule has 1 aliphatic heterocycles. The second kappa shape index (κ2) is 9.12. The smallest absolute Gasteiger partial charge is 0.369 e. The molecule has 2 aromatic rings. The van der Waals surface area contributed by atoms with Crippen LogP contribution in [0.2, 0.25) is 0 Å². The topological polar surface area (TPSA) is 78.7 Å². The average molecular weight is 422 g/mol. The number of halogens is 3. The summed E-state index contributed by atoms with van der Waals surface area (Å²) in [5, 5.41) is 13.3. The molecule has 0 radical (unpaired) electrons. The van der Waals surface area contributed by atoms with Crippen molar-refractivity contribution in [2.24, 2.45) is 0 Å². The lowest BCUT2D eigenvalue weighted by molar-refractivity contribution is -0.384. The van der Waals surface area contributed by atoms with Gasteiger partial charge in [0.25, 0.3) is 5.69 Å². The summed E-state index contributed by atoms with van der Waals surface area (Å²) >= 11 is 0. The summed E-state index contributed by atoms with van der Waals surface area (Å²) in [5.74, 6) is -0.204. The lowest BCUT2D eigenvalue weighted by atomic mass is 10.1. The van der Waals surface area contributed by atoms with Gasteiger partial charge in [0.1, 0.15) is 0 Å². The molecule has 0 aromatic heterocycles. The van der Waals surface area contributed by atoms with Crippen molar-refractivity contribution in [2.45, 2.75) is 12.6 Å². The number of hydrogen-bond acceptors (Lipinski definition) is 5. The van der Waals surface area contributed by atoms with Gasteiger partial charge in [-0.05, 0) is 30.3 Å². The second-order valence-electron chi connectivity index (χ2n) is 6.98. The maximum Gasteiger partial charge on any atom is 0.416 e. The number of carbonyl (C=O) groups is 1. The molecule has 0 unspecified atom stereocenters. The van der Waals surface area contributed by atoms with Crippen LogP contribution in [0.4, 0.5) is 30.2 Å². The molecule has 3 rings (SSSR count). The number of nitrogens with one attached hydrogen (secondary N) is 1. The zero-order valence-electron chi connectivity index (χ0n) is 16.1. The van der Waals surface area contributed by atoms with Crippen LogP contribution in [0.25, 0.3) is 0 Å². The summed E-state index contributed by atoms with van der Waals surface area (Å²) in [7, 11) is 0. The van der Waals surface area contributed by atoms with Crippen LogP contribution in [0, 0.1) is 10.1 Å². The van der Waals surface area contributed by atoms with Crippen LogP contribution < -0.4 is 10.2 Å². The van der Waals surface area contributed by atoms with Gasteiger partial charge in [-0.25, -0.2) is 0 Å². The number of nitro benzene ring substituents is 1. The molecule has 7 nitrogen and oxygen atoms in total. The van der Waals surface area contributed by atoms with Gasteiger partial charge in [0, 0.05) is 62.7 Å². The lowest BCUT2D eigenvalue weighted by Gasteiger charge is -2.36. The van der Waals surface area contributed by atoms with Crippen LogP contribution in [-0.4, -0.2) is 48.5 Å². The minimum Gasteiger partial charge on any atom is -0.369 e. The van der Waals surface area contributed by atoms with Gasteiger partial charge >= 0.3 is 6.18 Å². The fourth-order valence-corrected chi connectivity index (χ4v) is 3.26. The van der Waals surface area contributed by atoms with Crippen molar-refractivity contribution in [1.29, 1.82) is 0 Å². The highest BCUT2D eigenvalue weighted by atomic mass is 19.4. The first-order valence-electron chi connectivity index (χ1n) is 9.41. The Kier molecular flexibility index (Phi) is 6.56. The minimum atomic E-state index is -4.37. The zero-order valence-corrected chi connectivity index (χ0v) is 16.1. The number of non-ortho nitro benzene ring substituents is 1. The van der Waals surface area contributed by atoms with Crippen molar-refractivity contribution in [1.82, 2.24) is 4.90 Å².